The van der Waals surface area contributed by atoms with Crippen LogP contribution in [0.15, 0.2) is 24.3 Å². The minimum absolute atomic E-state index is 0.0599. The monoisotopic (exact) mass is 348 g/mol. The number of piperidine rings is 1. The highest BCUT2D eigenvalue weighted by molar-refractivity contribution is 5.96. The summed E-state index contributed by atoms with van der Waals surface area (Å²) in [6.07, 6.45) is 1.52. The lowest BCUT2D eigenvalue weighted by molar-refractivity contribution is -0.138. The fourth-order valence-electron chi connectivity index (χ4n) is 2.87. The van der Waals surface area contributed by atoms with E-state index in [9.17, 15) is 14.4 Å². The number of hydrogen-bond acceptors (Lipinski definition) is 4. The molecule has 2 rings (SSSR count). The molecule has 2 amide bonds. The number of carboxylic acid groups (broad SMARTS) is 1. The maximum absolute atomic E-state index is 12.2. The van der Waals surface area contributed by atoms with Crippen molar-refractivity contribution in [2.45, 2.75) is 26.2 Å². The Balaban J connectivity index is 1.76. The van der Waals surface area contributed by atoms with Crippen LogP contribution in [0.25, 0.3) is 0 Å². The topological polar surface area (TPSA) is 95.9 Å². The van der Waals surface area contributed by atoms with Crippen molar-refractivity contribution in [2.75, 3.05) is 26.2 Å². The first-order valence-electron chi connectivity index (χ1n) is 8.50. The van der Waals surface area contributed by atoms with Crippen LogP contribution in [0.2, 0.25) is 0 Å². The Morgan fingerprint density at radius 3 is 2.40 bits per heavy atom. The molecule has 0 atom stereocenters. The lowest BCUT2D eigenvalue weighted by atomic mass is 9.93. The summed E-state index contributed by atoms with van der Waals surface area (Å²) in [7, 11) is 0. The Hall–Kier alpha value is -2.57. The number of hydrogen-bond donors (Lipinski definition) is 2. The van der Waals surface area contributed by atoms with E-state index in [1.54, 1.807) is 29.2 Å². The molecule has 2 N–H and O–H groups in total. The van der Waals surface area contributed by atoms with Gasteiger partial charge >= 0.3 is 5.97 Å². The van der Waals surface area contributed by atoms with E-state index in [0.29, 0.717) is 43.9 Å². The molecule has 1 aromatic rings. The molecule has 136 valence electrons. The van der Waals surface area contributed by atoms with Crippen molar-refractivity contribution in [3.63, 3.8) is 0 Å². The van der Waals surface area contributed by atoms with Crippen molar-refractivity contribution in [2.24, 2.45) is 5.92 Å². The van der Waals surface area contributed by atoms with E-state index in [4.69, 9.17) is 9.84 Å². The maximum atomic E-state index is 12.2. The molecule has 0 radical (unpaired) electrons. The van der Waals surface area contributed by atoms with E-state index < -0.39 is 5.97 Å². The molecule has 7 heteroatoms. The number of carboxylic acids is 1. The zero-order valence-corrected chi connectivity index (χ0v) is 14.4. The van der Waals surface area contributed by atoms with Crippen LogP contribution in [0.3, 0.4) is 0 Å². The Kier molecular flexibility index (Phi) is 6.80. The zero-order valence-electron chi connectivity index (χ0n) is 14.4. The van der Waals surface area contributed by atoms with Crippen molar-refractivity contribution in [3.05, 3.63) is 29.8 Å². The Labute approximate surface area is 147 Å². The molecule has 0 saturated carbocycles. The van der Waals surface area contributed by atoms with Gasteiger partial charge in [-0.05, 0) is 49.9 Å². The van der Waals surface area contributed by atoms with Crippen LogP contribution in [0.5, 0.6) is 5.75 Å². The summed E-state index contributed by atoms with van der Waals surface area (Å²) < 4.78 is 5.32. The number of ether oxygens (including phenoxy) is 1. The predicted octanol–water partition coefficient (Wildman–Crippen LogP) is 1.53. The van der Waals surface area contributed by atoms with Gasteiger partial charge in [-0.25, -0.2) is 0 Å². The first-order valence-corrected chi connectivity index (χ1v) is 8.50. The van der Waals surface area contributed by atoms with E-state index in [0.717, 1.165) is 0 Å². The maximum Gasteiger partial charge on any atom is 0.303 e. The molecule has 0 bridgehead atoms. The molecule has 0 unspecified atom stereocenters. The fourth-order valence-corrected chi connectivity index (χ4v) is 2.87. The van der Waals surface area contributed by atoms with E-state index in [1.807, 2.05) is 6.92 Å². The number of nitrogens with one attached hydrogen (secondary N) is 1. The van der Waals surface area contributed by atoms with Gasteiger partial charge in [-0.3, -0.25) is 14.4 Å². The number of aliphatic carboxylic acids is 1. The highest BCUT2D eigenvalue weighted by Crippen LogP contribution is 2.20. The Morgan fingerprint density at radius 2 is 1.84 bits per heavy atom. The number of likely N-dealkylation sites (tertiary alicyclic amines) is 1. The van der Waals surface area contributed by atoms with Gasteiger partial charge in [0.1, 0.15) is 5.75 Å². The standard InChI is InChI=1S/C18H24N2O5/c1-2-25-15-5-3-14(4-6-15)18(24)19-12-16(21)20-9-7-13(8-10-20)11-17(22)23/h3-6,13H,2,7-12H2,1H3,(H,19,24)(H,22,23). The second-order valence-electron chi connectivity index (χ2n) is 6.06. The van der Waals surface area contributed by atoms with Gasteiger partial charge in [0.25, 0.3) is 5.91 Å². The second kappa shape index (κ2) is 9.05. The first-order chi connectivity index (χ1) is 12.0. The van der Waals surface area contributed by atoms with Crippen LogP contribution < -0.4 is 10.1 Å². The summed E-state index contributed by atoms with van der Waals surface area (Å²) in [5, 5.41) is 11.4. The quantitative estimate of drug-likeness (QED) is 0.779. The average molecular weight is 348 g/mol. The molecule has 0 spiro atoms. The van der Waals surface area contributed by atoms with Gasteiger partial charge in [0.15, 0.2) is 0 Å². The zero-order chi connectivity index (χ0) is 18.2. The van der Waals surface area contributed by atoms with Crippen LogP contribution in [-0.2, 0) is 9.59 Å². The number of rotatable bonds is 7. The fraction of sp³-hybridized carbons (Fsp3) is 0.500. The summed E-state index contributed by atoms with van der Waals surface area (Å²) in [5.74, 6) is -0.433. The number of nitrogens with zero attached hydrogens (tertiary/aromatic N) is 1. The third-order valence-electron chi connectivity index (χ3n) is 4.26. The average Bonchev–Trinajstić information content (AvgIpc) is 2.60. The van der Waals surface area contributed by atoms with E-state index in [-0.39, 0.29) is 30.7 Å². The van der Waals surface area contributed by atoms with E-state index >= 15 is 0 Å². The molecule has 1 heterocycles. The van der Waals surface area contributed by atoms with E-state index in [1.165, 1.54) is 0 Å². The molecule has 1 aliphatic heterocycles. The SMILES string of the molecule is CCOc1ccc(C(=O)NCC(=O)N2CCC(CC(=O)O)CC2)cc1. The van der Waals surface area contributed by atoms with Crippen LogP contribution in [0.1, 0.15) is 36.5 Å². The normalized spacial score (nSPS) is 14.8. The lowest BCUT2D eigenvalue weighted by Crippen LogP contribution is -2.44. The smallest absolute Gasteiger partial charge is 0.303 e. The molecular formula is C18H24N2O5. The van der Waals surface area contributed by atoms with E-state index in [2.05, 4.69) is 5.32 Å². The first kappa shape index (κ1) is 18.8. The van der Waals surface area contributed by atoms with Crippen molar-refractivity contribution in [1.82, 2.24) is 10.2 Å². The molecule has 1 aliphatic rings. The van der Waals surface area contributed by atoms with Gasteiger partial charge < -0.3 is 20.1 Å². The summed E-state index contributed by atoms with van der Waals surface area (Å²) in [5.41, 5.74) is 0.469. The Morgan fingerprint density at radius 1 is 1.20 bits per heavy atom. The lowest BCUT2D eigenvalue weighted by Gasteiger charge is -2.31. The highest BCUT2D eigenvalue weighted by Gasteiger charge is 2.24. The van der Waals surface area contributed by atoms with Gasteiger partial charge in [-0.1, -0.05) is 0 Å². The molecule has 1 fully saturated rings. The molecule has 1 aromatic carbocycles. The number of benzene rings is 1. The van der Waals surface area contributed by atoms with Crippen LogP contribution in [0, 0.1) is 5.92 Å². The molecule has 25 heavy (non-hydrogen) atoms. The van der Waals surface area contributed by atoms with Crippen LogP contribution >= 0.6 is 0 Å². The number of carbonyl (C=O) groups excluding carboxylic acids is 2. The van der Waals surface area contributed by atoms with Crippen molar-refractivity contribution < 1.29 is 24.2 Å². The van der Waals surface area contributed by atoms with Gasteiger partial charge in [0.05, 0.1) is 13.2 Å². The van der Waals surface area contributed by atoms with Gasteiger partial charge in [0, 0.05) is 25.1 Å². The number of carbonyl (C=O) groups is 3. The second-order valence-corrected chi connectivity index (χ2v) is 6.06. The molecule has 0 aliphatic carbocycles. The predicted molar refractivity (Wildman–Crippen MR) is 91.5 cm³/mol. The minimum atomic E-state index is -0.799. The van der Waals surface area contributed by atoms with Gasteiger partial charge in [-0.2, -0.15) is 0 Å². The summed E-state index contributed by atoms with van der Waals surface area (Å²) in [6.45, 7) is 3.46. The third kappa shape index (κ3) is 5.77. The summed E-state index contributed by atoms with van der Waals surface area (Å²) in [4.78, 5) is 36.7. The van der Waals surface area contributed by atoms with Crippen molar-refractivity contribution >= 4 is 17.8 Å². The summed E-state index contributed by atoms with van der Waals surface area (Å²) in [6, 6.07) is 6.74. The Bertz CT molecular complexity index is 606. The number of amides is 2. The van der Waals surface area contributed by atoms with Crippen molar-refractivity contribution in [1.29, 1.82) is 0 Å². The van der Waals surface area contributed by atoms with Crippen LogP contribution in [-0.4, -0.2) is 54.0 Å². The van der Waals surface area contributed by atoms with Gasteiger partial charge in [0.2, 0.25) is 5.91 Å². The highest BCUT2D eigenvalue weighted by atomic mass is 16.5. The molecule has 1 saturated heterocycles. The molecule has 0 aromatic heterocycles. The largest absolute Gasteiger partial charge is 0.494 e. The molecule has 7 nitrogen and oxygen atoms in total. The molecular weight excluding hydrogens is 324 g/mol. The van der Waals surface area contributed by atoms with Gasteiger partial charge in [-0.15, -0.1) is 0 Å². The summed E-state index contributed by atoms with van der Waals surface area (Å²) >= 11 is 0. The van der Waals surface area contributed by atoms with Crippen LogP contribution in [0.4, 0.5) is 0 Å². The minimum Gasteiger partial charge on any atom is -0.494 e. The van der Waals surface area contributed by atoms with Crippen molar-refractivity contribution in [3.8, 4) is 5.75 Å². The third-order valence-corrected chi connectivity index (χ3v) is 4.26.